The molecule has 0 atom stereocenters. The van der Waals surface area contributed by atoms with Crippen molar-refractivity contribution in [1.29, 1.82) is 0 Å². The number of hydrogen-bond acceptors (Lipinski definition) is 0. The zero-order valence-electron chi connectivity index (χ0n) is 26.0. The third-order valence-corrected chi connectivity index (χ3v) is 8.03. The van der Waals surface area contributed by atoms with Gasteiger partial charge in [0, 0.05) is 0 Å². The molecule has 0 heteroatoms. The van der Waals surface area contributed by atoms with E-state index in [4.69, 9.17) is 0 Å². The largest absolute Gasteiger partial charge is 0.0988 e. The fraction of sp³-hybridized carbons (Fsp3) is 0.0909. The Morgan fingerprint density at radius 1 is 0.773 bits per heavy atom. The van der Waals surface area contributed by atoms with Crippen molar-refractivity contribution in [3.05, 3.63) is 203 Å². The minimum absolute atomic E-state index is 0.754. The van der Waals surface area contributed by atoms with Gasteiger partial charge < -0.3 is 0 Å². The Kier molecular flexibility index (Phi) is 11.0. The molecule has 4 rings (SSSR count). The van der Waals surface area contributed by atoms with Crippen LogP contribution >= 0.6 is 0 Å². The van der Waals surface area contributed by atoms with Gasteiger partial charge in [0.25, 0.3) is 0 Å². The van der Waals surface area contributed by atoms with Gasteiger partial charge in [0.15, 0.2) is 0 Å². The molecule has 0 radical (unpaired) electrons. The van der Waals surface area contributed by atoms with E-state index in [-0.39, 0.29) is 0 Å². The number of hydrogen-bond donors (Lipinski definition) is 0. The fourth-order valence-corrected chi connectivity index (χ4v) is 5.50. The summed E-state index contributed by atoms with van der Waals surface area (Å²) < 4.78 is 0. The quantitative estimate of drug-likeness (QED) is 0.214. The molecule has 0 heterocycles. The fourth-order valence-electron chi connectivity index (χ4n) is 5.50. The summed E-state index contributed by atoms with van der Waals surface area (Å²) in [6.07, 6.45) is 21.1. The molecule has 1 aliphatic carbocycles. The lowest BCUT2D eigenvalue weighted by molar-refractivity contribution is 1.29. The molecule has 0 saturated heterocycles. The van der Waals surface area contributed by atoms with E-state index < -0.39 is 0 Å². The Morgan fingerprint density at radius 3 is 2.07 bits per heavy atom. The maximum atomic E-state index is 4.58. The number of rotatable bonds is 10. The molecule has 0 fully saturated rings. The number of fused-ring (bicyclic) bond motifs is 1. The monoisotopic (exact) mass is 570 g/mol. The Hall–Kier alpha value is -5.20. The standard InChI is InChI=1S/C44H42/c1-8-37(39-25-16-14-21-33(39)4)24-20-22-32(3)34(5)31-35(6)40-26-12-10-11-13-28-42(44-30-19-18-29-43(40)44)36(7)41-27-17-15-23-38(41)9-2/h8-23,25,27,29-31H,1-4,6-7,24,26,28H2,5H3. The zero-order chi connectivity index (χ0) is 31.5. The van der Waals surface area contributed by atoms with Crippen molar-refractivity contribution in [1.82, 2.24) is 0 Å². The molecule has 0 N–H and O–H groups in total. The van der Waals surface area contributed by atoms with Gasteiger partial charge in [0.05, 0.1) is 0 Å². The second-order valence-corrected chi connectivity index (χ2v) is 10.9. The topological polar surface area (TPSA) is 0 Å². The van der Waals surface area contributed by atoms with Crippen molar-refractivity contribution in [3.8, 4) is 0 Å². The van der Waals surface area contributed by atoms with E-state index in [1.54, 1.807) is 0 Å². The Morgan fingerprint density at radius 2 is 1.39 bits per heavy atom. The molecule has 0 spiro atoms. The SMILES string of the molecule is C=CC(CC=CC(=C)C(C)=CC(=C)C1=c2ccccc2=C(C(=C)c2ccccc2C=C)CC=CC=CC1)=c1ccccc1=C. The molecule has 0 aliphatic heterocycles. The van der Waals surface area contributed by atoms with Crippen molar-refractivity contribution in [2.24, 2.45) is 0 Å². The smallest absolute Gasteiger partial charge is 0.00822 e. The first-order valence-electron chi connectivity index (χ1n) is 15.0. The van der Waals surface area contributed by atoms with E-state index in [1.165, 1.54) is 21.6 Å². The molecule has 0 nitrogen and oxygen atoms in total. The van der Waals surface area contributed by atoms with Gasteiger partial charge in [-0.15, -0.1) is 0 Å². The lowest BCUT2D eigenvalue weighted by Crippen LogP contribution is -2.30. The predicted molar refractivity (Wildman–Crippen MR) is 196 cm³/mol. The average Bonchev–Trinajstić information content (AvgIpc) is 3.04. The van der Waals surface area contributed by atoms with E-state index in [2.05, 4.69) is 137 Å². The van der Waals surface area contributed by atoms with Crippen LogP contribution in [0.3, 0.4) is 0 Å². The van der Waals surface area contributed by atoms with Crippen LogP contribution in [0.15, 0.2) is 171 Å². The summed E-state index contributed by atoms with van der Waals surface area (Å²) in [7, 11) is 0. The van der Waals surface area contributed by atoms with Crippen LogP contribution in [0.2, 0.25) is 0 Å². The molecule has 218 valence electrons. The van der Waals surface area contributed by atoms with Gasteiger partial charge in [-0.25, -0.2) is 0 Å². The van der Waals surface area contributed by atoms with Crippen LogP contribution < -0.4 is 20.9 Å². The van der Waals surface area contributed by atoms with Crippen LogP contribution in [0.4, 0.5) is 0 Å². The second kappa shape index (κ2) is 15.3. The van der Waals surface area contributed by atoms with Gasteiger partial charge in [0.1, 0.15) is 0 Å². The summed E-state index contributed by atoms with van der Waals surface area (Å²) in [6.45, 7) is 27.8. The maximum Gasteiger partial charge on any atom is -0.00822 e. The molecule has 0 amide bonds. The van der Waals surface area contributed by atoms with E-state index in [9.17, 15) is 0 Å². The van der Waals surface area contributed by atoms with Crippen LogP contribution in [-0.2, 0) is 0 Å². The first-order chi connectivity index (χ1) is 21.3. The zero-order valence-corrected chi connectivity index (χ0v) is 26.0. The summed E-state index contributed by atoms with van der Waals surface area (Å²) >= 11 is 0. The van der Waals surface area contributed by atoms with E-state index in [0.717, 1.165) is 68.7 Å². The normalized spacial score (nSPS) is 14.2. The molecular weight excluding hydrogens is 528 g/mol. The van der Waals surface area contributed by atoms with Crippen LogP contribution in [0.1, 0.15) is 37.3 Å². The maximum absolute atomic E-state index is 4.58. The highest BCUT2D eigenvalue weighted by molar-refractivity contribution is 5.99. The third-order valence-electron chi connectivity index (χ3n) is 8.03. The van der Waals surface area contributed by atoms with Crippen molar-refractivity contribution in [3.63, 3.8) is 0 Å². The minimum atomic E-state index is 0.754. The van der Waals surface area contributed by atoms with Gasteiger partial charge >= 0.3 is 0 Å². The molecular formula is C44H42. The van der Waals surface area contributed by atoms with Crippen LogP contribution in [-0.4, -0.2) is 0 Å². The Balaban J connectivity index is 1.75. The summed E-state index contributed by atoms with van der Waals surface area (Å²) in [5.41, 5.74) is 9.70. The van der Waals surface area contributed by atoms with Gasteiger partial charge in [-0.2, -0.15) is 0 Å². The van der Waals surface area contributed by atoms with Crippen LogP contribution in [0.25, 0.3) is 34.9 Å². The molecule has 44 heavy (non-hydrogen) atoms. The highest BCUT2D eigenvalue weighted by Gasteiger charge is 2.12. The van der Waals surface area contributed by atoms with E-state index in [1.807, 2.05) is 36.4 Å². The highest BCUT2D eigenvalue weighted by atomic mass is 14.2. The summed E-state index contributed by atoms with van der Waals surface area (Å²) in [6, 6.07) is 25.1. The van der Waals surface area contributed by atoms with Gasteiger partial charge in [-0.3, -0.25) is 0 Å². The highest BCUT2D eigenvalue weighted by Crippen LogP contribution is 2.28. The van der Waals surface area contributed by atoms with Gasteiger partial charge in [0.2, 0.25) is 0 Å². The molecule has 0 bridgehead atoms. The Labute approximate surface area is 263 Å². The number of allylic oxidation sites excluding steroid dienone is 12. The molecule has 0 saturated carbocycles. The summed E-state index contributed by atoms with van der Waals surface area (Å²) in [4.78, 5) is 0. The van der Waals surface area contributed by atoms with Crippen molar-refractivity contribution in [2.45, 2.75) is 26.2 Å². The lowest BCUT2D eigenvalue weighted by atomic mass is 9.89. The van der Waals surface area contributed by atoms with E-state index >= 15 is 0 Å². The first kappa shape index (κ1) is 31.7. The van der Waals surface area contributed by atoms with Crippen molar-refractivity contribution >= 4 is 34.9 Å². The molecule has 3 aromatic rings. The second-order valence-electron chi connectivity index (χ2n) is 10.9. The first-order valence-corrected chi connectivity index (χ1v) is 15.0. The van der Waals surface area contributed by atoms with E-state index in [0.29, 0.717) is 0 Å². The lowest BCUT2D eigenvalue weighted by Gasteiger charge is -2.15. The predicted octanol–water partition coefficient (Wildman–Crippen LogP) is 8.70. The van der Waals surface area contributed by atoms with Gasteiger partial charge in [-0.1, -0.05) is 167 Å². The summed E-state index contributed by atoms with van der Waals surface area (Å²) in [5.74, 6) is 0. The van der Waals surface area contributed by atoms with Crippen LogP contribution in [0.5, 0.6) is 0 Å². The van der Waals surface area contributed by atoms with Crippen LogP contribution in [0, 0.1) is 0 Å². The minimum Gasteiger partial charge on any atom is -0.0988 e. The molecule has 1 aliphatic rings. The van der Waals surface area contributed by atoms with Crippen molar-refractivity contribution < 1.29 is 0 Å². The molecule has 3 aromatic carbocycles. The number of benzene rings is 3. The molecule has 0 unspecified atom stereocenters. The summed E-state index contributed by atoms with van der Waals surface area (Å²) in [5, 5.41) is 4.48. The average molecular weight is 571 g/mol. The molecule has 0 aromatic heterocycles. The van der Waals surface area contributed by atoms with Crippen molar-refractivity contribution in [2.75, 3.05) is 0 Å². The van der Waals surface area contributed by atoms with Gasteiger partial charge in [-0.05, 0) is 97.2 Å². The third kappa shape index (κ3) is 7.60. The Bertz CT molecular complexity index is 1980.